The zero-order chi connectivity index (χ0) is 16.8. The van der Waals surface area contributed by atoms with Crippen molar-refractivity contribution < 1.29 is 13.9 Å². The van der Waals surface area contributed by atoms with Gasteiger partial charge in [0.15, 0.2) is 0 Å². The van der Waals surface area contributed by atoms with Crippen LogP contribution in [0.25, 0.3) is 0 Å². The maximum Gasteiger partial charge on any atom is 0.275 e. The second-order valence-corrected chi connectivity index (χ2v) is 5.94. The van der Waals surface area contributed by atoms with Crippen LogP contribution < -0.4 is 10.2 Å². The van der Waals surface area contributed by atoms with E-state index in [9.17, 15) is 9.18 Å². The first-order chi connectivity index (χ1) is 11.0. The number of hydrazone groups is 1. The Morgan fingerprint density at radius 1 is 1.30 bits per heavy atom. The van der Waals surface area contributed by atoms with Crippen LogP contribution in [-0.4, -0.2) is 18.2 Å². The maximum absolute atomic E-state index is 13.5. The lowest BCUT2D eigenvalue weighted by Crippen LogP contribution is -2.20. The summed E-state index contributed by atoms with van der Waals surface area (Å²) < 4.78 is 19.8. The van der Waals surface area contributed by atoms with Gasteiger partial charge in [0.2, 0.25) is 0 Å². The molecule has 0 saturated heterocycles. The fourth-order valence-corrected chi connectivity index (χ4v) is 2.20. The fourth-order valence-electron chi connectivity index (χ4n) is 1.84. The zero-order valence-corrected chi connectivity index (χ0v) is 14.3. The van der Waals surface area contributed by atoms with Crippen LogP contribution in [0.1, 0.15) is 29.8 Å². The summed E-state index contributed by atoms with van der Waals surface area (Å²) in [7, 11) is 0. The number of benzene rings is 2. The van der Waals surface area contributed by atoms with Gasteiger partial charge in [-0.25, -0.2) is 9.82 Å². The topological polar surface area (TPSA) is 50.7 Å². The minimum Gasteiger partial charge on any atom is -0.490 e. The van der Waals surface area contributed by atoms with E-state index in [4.69, 9.17) is 4.74 Å². The first-order valence-corrected chi connectivity index (χ1v) is 7.81. The first-order valence-electron chi connectivity index (χ1n) is 7.01. The lowest BCUT2D eigenvalue weighted by Gasteiger charge is -2.13. The summed E-state index contributed by atoms with van der Waals surface area (Å²) in [6, 6.07) is 11.3. The van der Waals surface area contributed by atoms with Gasteiger partial charge in [0.05, 0.1) is 17.9 Å². The molecule has 4 nitrogen and oxygen atoms in total. The first kappa shape index (κ1) is 17.1. The summed E-state index contributed by atoms with van der Waals surface area (Å²) in [6.07, 6.45) is 1.19. The Morgan fingerprint density at radius 2 is 2.04 bits per heavy atom. The van der Waals surface area contributed by atoms with Crippen molar-refractivity contribution in [1.82, 2.24) is 5.43 Å². The molecule has 0 radical (unpaired) electrons. The molecule has 0 aliphatic rings. The third kappa shape index (κ3) is 4.89. The van der Waals surface area contributed by atoms with Crippen molar-refractivity contribution in [2.75, 3.05) is 0 Å². The van der Waals surface area contributed by atoms with Crippen molar-refractivity contribution in [3.05, 3.63) is 63.9 Å². The normalized spacial score (nSPS) is 11.0. The quantitative estimate of drug-likeness (QED) is 0.627. The Hall–Kier alpha value is -2.21. The molecule has 6 heteroatoms. The van der Waals surface area contributed by atoms with Gasteiger partial charge in [0, 0.05) is 10.0 Å². The molecule has 2 aromatic carbocycles. The summed E-state index contributed by atoms with van der Waals surface area (Å²) >= 11 is 3.32. The van der Waals surface area contributed by atoms with Crippen LogP contribution in [0.3, 0.4) is 0 Å². The van der Waals surface area contributed by atoms with E-state index in [1.165, 1.54) is 12.3 Å². The van der Waals surface area contributed by atoms with Crippen molar-refractivity contribution in [2.45, 2.75) is 20.0 Å². The summed E-state index contributed by atoms with van der Waals surface area (Å²) in [5.74, 6) is -0.381. The van der Waals surface area contributed by atoms with E-state index in [2.05, 4.69) is 26.5 Å². The number of nitrogens with zero attached hydrogens (tertiary/aromatic N) is 1. The monoisotopic (exact) mass is 378 g/mol. The van der Waals surface area contributed by atoms with Gasteiger partial charge < -0.3 is 4.74 Å². The molecule has 0 aliphatic carbocycles. The minimum atomic E-state index is -0.436. The average molecular weight is 379 g/mol. The molecular weight excluding hydrogens is 363 g/mol. The van der Waals surface area contributed by atoms with Crippen LogP contribution in [0.15, 0.2) is 52.0 Å². The van der Waals surface area contributed by atoms with Crippen LogP contribution in [0.5, 0.6) is 5.75 Å². The van der Waals surface area contributed by atoms with E-state index in [0.29, 0.717) is 16.9 Å². The molecule has 0 spiro atoms. The van der Waals surface area contributed by atoms with Crippen molar-refractivity contribution in [3.63, 3.8) is 0 Å². The predicted octanol–water partition coefficient (Wildman–Crippen LogP) is 4.14. The number of carbonyl (C=O) groups is 1. The van der Waals surface area contributed by atoms with Crippen LogP contribution >= 0.6 is 15.9 Å². The highest BCUT2D eigenvalue weighted by Gasteiger charge is 2.14. The molecule has 0 aromatic heterocycles. The van der Waals surface area contributed by atoms with Crippen LogP contribution in [-0.2, 0) is 0 Å². The summed E-state index contributed by atoms with van der Waals surface area (Å²) in [4.78, 5) is 12.3. The Morgan fingerprint density at radius 3 is 2.74 bits per heavy atom. The highest BCUT2D eigenvalue weighted by atomic mass is 79.9. The number of amides is 1. The fraction of sp³-hybridized carbons (Fsp3) is 0.176. The number of rotatable bonds is 5. The lowest BCUT2D eigenvalue weighted by molar-refractivity contribution is 0.0949. The van der Waals surface area contributed by atoms with Crippen molar-refractivity contribution in [1.29, 1.82) is 0 Å². The van der Waals surface area contributed by atoms with Gasteiger partial charge in [-0.2, -0.15) is 5.10 Å². The Bertz CT molecular complexity index is 732. The summed E-state index contributed by atoms with van der Waals surface area (Å²) in [6.45, 7) is 3.75. The molecule has 0 fully saturated rings. The number of hydrogen-bond donors (Lipinski definition) is 1. The van der Waals surface area contributed by atoms with Crippen LogP contribution in [0.2, 0.25) is 0 Å². The second kappa shape index (κ2) is 7.87. The van der Waals surface area contributed by atoms with E-state index < -0.39 is 11.7 Å². The molecule has 0 bridgehead atoms. The van der Waals surface area contributed by atoms with Crippen molar-refractivity contribution >= 4 is 28.1 Å². The van der Waals surface area contributed by atoms with Gasteiger partial charge in [-0.3, -0.25) is 4.79 Å². The average Bonchev–Trinajstić information content (AvgIpc) is 2.50. The lowest BCUT2D eigenvalue weighted by atomic mass is 10.2. The second-order valence-electron chi connectivity index (χ2n) is 5.03. The number of hydrogen-bond acceptors (Lipinski definition) is 3. The molecule has 2 rings (SSSR count). The standard InChI is InChI=1S/C17H16BrFN2O2/c1-11(2)23-16-8-7-13(18)9-14(16)17(22)21-20-10-12-5-3-4-6-15(12)19/h3-11H,1-2H3,(H,21,22)/b20-10-. The number of ether oxygens (including phenoxy) is 1. The Balaban J connectivity index is 2.14. The molecule has 0 unspecified atom stereocenters. The molecule has 1 N–H and O–H groups in total. The predicted molar refractivity (Wildman–Crippen MR) is 91.4 cm³/mol. The van der Waals surface area contributed by atoms with Gasteiger partial charge in [-0.1, -0.05) is 34.1 Å². The van der Waals surface area contributed by atoms with E-state index in [-0.39, 0.29) is 6.10 Å². The van der Waals surface area contributed by atoms with E-state index in [1.807, 2.05) is 13.8 Å². The summed E-state index contributed by atoms with van der Waals surface area (Å²) in [5, 5.41) is 3.79. The molecule has 120 valence electrons. The van der Waals surface area contributed by atoms with Crippen molar-refractivity contribution in [2.24, 2.45) is 5.10 Å². The zero-order valence-electron chi connectivity index (χ0n) is 12.7. The van der Waals surface area contributed by atoms with Gasteiger partial charge in [-0.05, 0) is 38.1 Å². The SMILES string of the molecule is CC(C)Oc1ccc(Br)cc1C(=O)N/N=C\c1ccccc1F. The van der Waals surface area contributed by atoms with Gasteiger partial charge in [0.25, 0.3) is 5.91 Å². The highest BCUT2D eigenvalue weighted by molar-refractivity contribution is 9.10. The van der Waals surface area contributed by atoms with Crippen molar-refractivity contribution in [3.8, 4) is 5.75 Å². The third-order valence-corrected chi connectivity index (χ3v) is 3.32. The molecule has 0 heterocycles. The number of nitrogens with one attached hydrogen (secondary N) is 1. The van der Waals surface area contributed by atoms with E-state index >= 15 is 0 Å². The smallest absolute Gasteiger partial charge is 0.275 e. The third-order valence-electron chi connectivity index (χ3n) is 2.82. The van der Waals surface area contributed by atoms with Gasteiger partial charge in [-0.15, -0.1) is 0 Å². The molecule has 0 atom stereocenters. The summed E-state index contributed by atoms with van der Waals surface area (Å²) in [5.41, 5.74) is 3.02. The number of carbonyl (C=O) groups excluding carboxylic acids is 1. The van der Waals surface area contributed by atoms with E-state index in [0.717, 1.165) is 4.47 Å². The number of halogens is 2. The highest BCUT2D eigenvalue weighted by Crippen LogP contribution is 2.24. The Labute approximate surface area is 142 Å². The molecule has 2 aromatic rings. The minimum absolute atomic E-state index is 0.0651. The molecular formula is C17H16BrFN2O2. The van der Waals surface area contributed by atoms with Crippen LogP contribution in [0, 0.1) is 5.82 Å². The van der Waals surface area contributed by atoms with Gasteiger partial charge >= 0.3 is 0 Å². The molecule has 23 heavy (non-hydrogen) atoms. The largest absolute Gasteiger partial charge is 0.490 e. The molecule has 0 saturated carbocycles. The Kier molecular flexibility index (Phi) is 5.87. The van der Waals surface area contributed by atoms with Gasteiger partial charge in [0.1, 0.15) is 11.6 Å². The molecule has 1 amide bonds. The maximum atomic E-state index is 13.5. The molecule has 0 aliphatic heterocycles. The van der Waals surface area contributed by atoms with E-state index in [1.54, 1.807) is 36.4 Å². The van der Waals surface area contributed by atoms with Crippen LogP contribution in [0.4, 0.5) is 4.39 Å².